The fourth-order valence-corrected chi connectivity index (χ4v) is 5.36. The van der Waals surface area contributed by atoms with Crippen LogP contribution < -0.4 is 0 Å². The minimum atomic E-state index is -0.242. The lowest BCUT2D eigenvalue weighted by Gasteiger charge is -2.24. The maximum atomic E-state index is 13.1. The molecular formula is C31H42ClFN4O2. The normalized spacial score (nSPS) is 15.7. The number of aryl methyl sites for hydroxylation is 1. The van der Waals surface area contributed by atoms with Gasteiger partial charge < -0.3 is 19.3 Å². The van der Waals surface area contributed by atoms with Gasteiger partial charge >= 0.3 is 0 Å². The predicted molar refractivity (Wildman–Crippen MR) is 155 cm³/mol. The molecule has 0 unspecified atom stereocenters. The first kappa shape index (κ1) is 29.7. The number of hydrogen-bond acceptors (Lipinski definition) is 5. The molecule has 0 amide bonds. The van der Waals surface area contributed by atoms with Gasteiger partial charge in [-0.1, -0.05) is 29.8 Å². The van der Waals surface area contributed by atoms with E-state index in [0.29, 0.717) is 18.2 Å². The predicted octanol–water partition coefficient (Wildman–Crippen LogP) is 6.19. The number of methoxy groups -OCH3 is 1. The summed E-state index contributed by atoms with van der Waals surface area (Å²) < 4.78 is 25.9. The number of nitrogens with zero attached hydrogens (tertiary/aromatic N) is 4. The van der Waals surface area contributed by atoms with Crippen LogP contribution in [0.25, 0.3) is 11.3 Å². The SMILES string of the molecule is CCOC.CN1CCc2c(c(-c3ccc(Cl)c(COCc4ccc(F)cc4)c3)nn2CCCN2CCCC2)C1. The highest BCUT2D eigenvalue weighted by atomic mass is 35.5. The topological polar surface area (TPSA) is 42.8 Å². The van der Waals surface area contributed by atoms with E-state index in [1.807, 2.05) is 13.0 Å². The third-order valence-electron chi connectivity index (χ3n) is 7.42. The fraction of sp³-hybridized carbons (Fsp3) is 0.516. The molecule has 1 aromatic heterocycles. The number of fused-ring (bicyclic) bond motifs is 1. The lowest BCUT2D eigenvalue weighted by Crippen LogP contribution is -2.28. The highest BCUT2D eigenvalue weighted by Crippen LogP contribution is 2.32. The van der Waals surface area contributed by atoms with Gasteiger partial charge in [-0.25, -0.2) is 4.39 Å². The van der Waals surface area contributed by atoms with Crippen LogP contribution in [0.4, 0.5) is 4.39 Å². The summed E-state index contributed by atoms with van der Waals surface area (Å²) in [6.07, 6.45) is 4.83. The zero-order valence-corrected chi connectivity index (χ0v) is 24.4. The van der Waals surface area contributed by atoms with Crippen LogP contribution >= 0.6 is 11.6 Å². The molecule has 5 rings (SSSR count). The zero-order chi connectivity index (χ0) is 27.6. The molecule has 0 bridgehead atoms. The highest BCUT2D eigenvalue weighted by Gasteiger charge is 2.24. The van der Waals surface area contributed by atoms with E-state index in [0.717, 1.165) is 68.0 Å². The molecule has 2 aliphatic heterocycles. The zero-order valence-electron chi connectivity index (χ0n) is 23.6. The van der Waals surface area contributed by atoms with E-state index in [4.69, 9.17) is 21.4 Å². The van der Waals surface area contributed by atoms with Gasteiger partial charge in [-0.05, 0) is 88.3 Å². The summed E-state index contributed by atoms with van der Waals surface area (Å²) in [4.78, 5) is 4.94. The lowest BCUT2D eigenvalue weighted by atomic mass is 10.00. The second-order valence-electron chi connectivity index (χ2n) is 10.4. The van der Waals surface area contributed by atoms with Gasteiger partial charge in [-0.3, -0.25) is 4.68 Å². The molecule has 2 aliphatic rings. The third kappa shape index (κ3) is 8.35. The summed E-state index contributed by atoms with van der Waals surface area (Å²) in [5, 5.41) is 5.80. The molecule has 3 heterocycles. The van der Waals surface area contributed by atoms with Crippen molar-refractivity contribution < 1.29 is 13.9 Å². The summed E-state index contributed by atoms with van der Waals surface area (Å²) in [6, 6.07) is 12.5. The van der Waals surface area contributed by atoms with Crippen molar-refractivity contribution in [1.29, 1.82) is 0 Å². The van der Waals surface area contributed by atoms with Crippen LogP contribution in [0.2, 0.25) is 5.02 Å². The number of likely N-dealkylation sites (tertiary alicyclic amines) is 1. The summed E-state index contributed by atoms with van der Waals surface area (Å²) in [7, 11) is 3.86. The molecule has 1 fully saturated rings. The van der Waals surface area contributed by atoms with Crippen LogP contribution in [0.1, 0.15) is 48.6 Å². The molecule has 2 aromatic carbocycles. The van der Waals surface area contributed by atoms with Crippen molar-refractivity contribution in [3.8, 4) is 11.3 Å². The van der Waals surface area contributed by atoms with E-state index in [-0.39, 0.29) is 5.82 Å². The summed E-state index contributed by atoms with van der Waals surface area (Å²) in [5.41, 5.74) is 6.73. The van der Waals surface area contributed by atoms with E-state index in [1.54, 1.807) is 19.2 Å². The van der Waals surface area contributed by atoms with Crippen LogP contribution in [0.5, 0.6) is 0 Å². The van der Waals surface area contributed by atoms with Gasteiger partial charge in [0.2, 0.25) is 0 Å². The Balaban J connectivity index is 0.000000826. The second-order valence-corrected chi connectivity index (χ2v) is 10.8. The Morgan fingerprint density at radius 2 is 1.74 bits per heavy atom. The minimum absolute atomic E-state index is 0.242. The van der Waals surface area contributed by atoms with Gasteiger partial charge in [-0.2, -0.15) is 5.10 Å². The number of halogens is 2. The number of ether oxygens (including phenoxy) is 2. The van der Waals surface area contributed by atoms with Crippen molar-refractivity contribution in [2.45, 2.75) is 58.9 Å². The van der Waals surface area contributed by atoms with Crippen LogP contribution in [0.3, 0.4) is 0 Å². The molecule has 8 heteroatoms. The Bertz CT molecular complexity index is 1180. The van der Waals surface area contributed by atoms with Gasteiger partial charge in [0.05, 0.1) is 18.9 Å². The van der Waals surface area contributed by atoms with Gasteiger partial charge in [0, 0.05) is 61.6 Å². The van der Waals surface area contributed by atoms with Crippen molar-refractivity contribution in [1.82, 2.24) is 19.6 Å². The van der Waals surface area contributed by atoms with Crippen LogP contribution in [0.15, 0.2) is 42.5 Å². The molecular weight excluding hydrogens is 515 g/mol. The second kappa shape index (κ2) is 14.9. The summed E-state index contributed by atoms with van der Waals surface area (Å²) >= 11 is 6.52. The largest absolute Gasteiger partial charge is 0.385 e. The molecule has 0 atom stereocenters. The Morgan fingerprint density at radius 3 is 2.46 bits per heavy atom. The Labute approximate surface area is 237 Å². The average molecular weight is 557 g/mol. The first-order chi connectivity index (χ1) is 19.0. The maximum absolute atomic E-state index is 13.1. The van der Waals surface area contributed by atoms with Crippen molar-refractivity contribution >= 4 is 11.6 Å². The molecule has 0 aliphatic carbocycles. The molecule has 39 heavy (non-hydrogen) atoms. The van der Waals surface area contributed by atoms with Gasteiger partial charge in [0.1, 0.15) is 5.82 Å². The van der Waals surface area contributed by atoms with Crippen LogP contribution in [-0.2, 0) is 42.2 Å². The van der Waals surface area contributed by atoms with E-state index in [2.05, 4.69) is 38.4 Å². The Hall–Kier alpha value is -2.29. The molecule has 1 saturated heterocycles. The Kier molecular flexibility index (Phi) is 11.4. The van der Waals surface area contributed by atoms with E-state index in [9.17, 15) is 4.39 Å². The number of aromatic nitrogens is 2. The Morgan fingerprint density at radius 1 is 1.00 bits per heavy atom. The number of rotatable bonds is 10. The van der Waals surface area contributed by atoms with Gasteiger partial charge in [0.15, 0.2) is 0 Å². The monoisotopic (exact) mass is 556 g/mol. The van der Waals surface area contributed by atoms with Crippen molar-refractivity contribution in [2.75, 3.05) is 46.9 Å². The number of likely N-dealkylation sites (N-methyl/N-ethyl adjacent to an activating group) is 1. The van der Waals surface area contributed by atoms with Crippen molar-refractivity contribution in [3.63, 3.8) is 0 Å². The van der Waals surface area contributed by atoms with Crippen molar-refractivity contribution in [3.05, 3.63) is 75.7 Å². The standard InChI is InChI=1S/C28H34ClFN4O.C3H8O/c1-32-16-11-27-25(18-32)28(31-34(27)15-4-14-33-12-2-3-13-33)22-7-10-26(29)23(17-22)20-35-19-21-5-8-24(30)9-6-21;1-3-4-2/h5-10,17H,2-4,11-16,18-20H2,1H3;3H2,1-2H3. The number of benzene rings is 2. The van der Waals surface area contributed by atoms with Crippen LogP contribution in [0, 0.1) is 5.82 Å². The highest BCUT2D eigenvalue weighted by molar-refractivity contribution is 6.31. The third-order valence-corrected chi connectivity index (χ3v) is 7.78. The fourth-order valence-electron chi connectivity index (χ4n) is 5.19. The van der Waals surface area contributed by atoms with Crippen molar-refractivity contribution in [2.24, 2.45) is 0 Å². The quantitative estimate of drug-likeness (QED) is 0.298. The molecule has 3 aromatic rings. The van der Waals surface area contributed by atoms with E-state index >= 15 is 0 Å². The molecule has 6 nitrogen and oxygen atoms in total. The molecule has 0 saturated carbocycles. The molecule has 0 N–H and O–H groups in total. The van der Waals surface area contributed by atoms with Crippen LogP contribution in [-0.4, -0.2) is 66.5 Å². The van der Waals surface area contributed by atoms with Gasteiger partial charge in [-0.15, -0.1) is 0 Å². The summed E-state index contributed by atoms with van der Waals surface area (Å²) in [6.45, 7) is 10.1. The minimum Gasteiger partial charge on any atom is -0.385 e. The molecule has 0 radical (unpaired) electrons. The first-order valence-electron chi connectivity index (χ1n) is 14.1. The first-order valence-corrected chi connectivity index (χ1v) is 14.5. The van der Waals surface area contributed by atoms with E-state index < -0.39 is 0 Å². The smallest absolute Gasteiger partial charge is 0.123 e. The van der Waals surface area contributed by atoms with E-state index in [1.165, 1.54) is 49.3 Å². The summed E-state index contributed by atoms with van der Waals surface area (Å²) in [5.74, 6) is -0.242. The lowest BCUT2D eigenvalue weighted by molar-refractivity contribution is 0.107. The molecule has 0 spiro atoms. The van der Waals surface area contributed by atoms with Gasteiger partial charge in [0.25, 0.3) is 0 Å². The maximum Gasteiger partial charge on any atom is 0.123 e. The average Bonchev–Trinajstić information content (AvgIpc) is 3.59. The number of hydrogen-bond donors (Lipinski definition) is 0. The molecule has 212 valence electrons.